The van der Waals surface area contributed by atoms with E-state index in [1.165, 1.54) is 0 Å². The van der Waals surface area contributed by atoms with Gasteiger partial charge in [-0.3, -0.25) is 19.5 Å². The molecule has 6 heteroatoms. The van der Waals surface area contributed by atoms with Crippen molar-refractivity contribution in [3.63, 3.8) is 0 Å². The van der Waals surface area contributed by atoms with Crippen LogP contribution in [0.5, 0.6) is 0 Å². The fourth-order valence-electron chi connectivity index (χ4n) is 3.13. The number of nitrogens with zero attached hydrogens (tertiary/aromatic N) is 3. The fraction of sp³-hybridized carbons (Fsp3) is 0.350. The molecule has 26 heavy (non-hydrogen) atoms. The number of piperazine rings is 1. The summed E-state index contributed by atoms with van der Waals surface area (Å²) in [7, 11) is 0. The van der Waals surface area contributed by atoms with Crippen molar-refractivity contribution in [3.05, 3.63) is 59.9 Å². The van der Waals surface area contributed by atoms with E-state index < -0.39 is 0 Å². The molecule has 1 aliphatic heterocycles. The van der Waals surface area contributed by atoms with Gasteiger partial charge in [0.25, 0.3) is 5.91 Å². The summed E-state index contributed by atoms with van der Waals surface area (Å²) in [5.41, 5.74) is 2.67. The molecule has 0 bridgehead atoms. The van der Waals surface area contributed by atoms with Crippen LogP contribution in [0.1, 0.15) is 22.8 Å². The zero-order chi connectivity index (χ0) is 18.4. The number of anilines is 1. The first-order chi connectivity index (χ1) is 12.7. The molecule has 1 saturated heterocycles. The summed E-state index contributed by atoms with van der Waals surface area (Å²) in [6, 6.07) is 11.3. The number of hydrogen-bond acceptors (Lipinski definition) is 4. The lowest BCUT2D eigenvalue weighted by Crippen LogP contribution is -2.50. The monoisotopic (exact) mass is 352 g/mol. The highest BCUT2D eigenvalue weighted by atomic mass is 16.2. The lowest BCUT2D eigenvalue weighted by molar-refractivity contribution is -0.117. The van der Waals surface area contributed by atoms with Crippen LogP contribution in [0.4, 0.5) is 5.69 Å². The Morgan fingerprint density at radius 1 is 1.04 bits per heavy atom. The maximum atomic E-state index is 12.4. The van der Waals surface area contributed by atoms with E-state index in [1.807, 2.05) is 29.2 Å². The Bertz CT molecular complexity index is 755. The molecule has 136 valence electrons. The number of benzene rings is 1. The maximum absolute atomic E-state index is 12.4. The van der Waals surface area contributed by atoms with Crippen molar-refractivity contribution < 1.29 is 9.59 Å². The second kappa shape index (κ2) is 8.58. The normalized spacial score (nSPS) is 14.9. The molecule has 2 heterocycles. The van der Waals surface area contributed by atoms with Crippen LogP contribution in [0.3, 0.4) is 0 Å². The lowest BCUT2D eigenvalue weighted by Gasteiger charge is -2.34. The van der Waals surface area contributed by atoms with Gasteiger partial charge in [0.05, 0.1) is 6.54 Å². The highest BCUT2D eigenvalue weighted by Gasteiger charge is 2.23. The smallest absolute Gasteiger partial charge is 0.254 e. The Labute approximate surface area is 153 Å². The predicted molar refractivity (Wildman–Crippen MR) is 101 cm³/mol. The molecule has 0 radical (unpaired) electrons. The molecule has 1 aromatic heterocycles. The van der Waals surface area contributed by atoms with Gasteiger partial charge in [0.15, 0.2) is 0 Å². The third-order valence-electron chi connectivity index (χ3n) is 4.63. The summed E-state index contributed by atoms with van der Waals surface area (Å²) < 4.78 is 0. The van der Waals surface area contributed by atoms with Crippen LogP contribution in [0.15, 0.2) is 48.8 Å². The summed E-state index contributed by atoms with van der Waals surface area (Å²) in [5, 5.41) is 3.00. The van der Waals surface area contributed by atoms with Gasteiger partial charge >= 0.3 is 0 Å². The number of pyridine rings is 1. The second-order valence-electron chi connectivity index (χ2n) is 6.36. The van der Waals surface area contributed by atoms with E-state index in [0.717, 1.165) is 17.7 Å². The first kappa shape index (κ1) is 18.1. The molecule has 0 spiro atoms. The average molecular weight is 352 g/mol. The number of para-hydroxylation sites is 1. The van der Waals surface area contributed by atoms with E-state index >= 15 is 0 Å². The molecular weight excluding hydrogens is 328 g/mol. The van der Waals surface area contributed by atoms with E-state index in [2.05, 4.69) is 22.1 Å². The van der Waals surface area contributed by atoms with E-state index in [9.17, 15) is 9.59 Å². The van der Waals surface area contributed by atoms with Crippen molar-refractivity contribution >= 4 is 17.5 Å². The SMILES string of the molecule is CCc1ccccc1NC(=O)CN1CCN(C(=O)c2ccncc2)CC1. The van der Waals surface area contributed by atoms with Crippen LogP contribution in [0, 0.1) is 0 Å². The van der Waals surface area contributed by atoms with Crippen LogP contribution >= 0.6 is 0 Å². The number of carbonyl (C=O) groups is 2. The summed E-state index contributed by atoms with van der Waals surface area (Å²) in [4.78, 5) is 32.6. The minimum absolute atomic E-state index is 0.0141. The summed E-state index contributed by atoms with van der Waals surface area (Å²) in [6.07, 6.45) is 4.14. The molecule has 2 aromatic rings. The van der Waals surface area contributed by atoms with Crippen molar-refractivity contribution in [2.75, 3.05) is 38.0 Å². The average Bonchev–Trinajstić information content (AvgIpc) is 2.69. The Morgan fingerprint density at radius 2 is 1.73 bits per heavy atom. The first-order valence-electron chi connectivity index (χ1n) is 8.96. The quantitative estimate of drug-likeness (QED) is 0.894. The molecule has 0 unspecified atom stereocenters. The number of rotatable bonds is 5. The number of nitrogens with one attached hydrogen (secondary N) is 1. The number of aromatic nitrogens is 1. The van der Waals surface area contributed by atoms with Gasteiger partial charge in [0.1, 0.15) is 0 Å². The Kier molecular flexibility index (Phi) is 5.96. The molecule has 1 aliphatic rings. The minimum Gasteiger partial charge on any atom is -0.336 e. The number of aryl methyl sites for hydroxylation is 1. The van der Waals surface area contributed by atoms with Gasteiger partial charge in [-0.25, -0.2) is 0 Å². The van der Waals surface area contributed by atoms with E-state index in [4.69, 9.17) is 0 Å². The Balaban J connectivity index is 1.49. The van der Waals surface area contributed by atoms with Crippen molar-refractivity contribution in [3.8, 4) is 0 Å². The highest BCUT2D eigenvalue weighted by Crippen LogP contribution is 2.15. The molecule has 2 amide bonds. The molecule has 3 rings (SSSR count). The summed E-state index contributed by atoms with van der Waals surface area (Å²) in [5.74, 6) is 0.00758. The molecular formula is C20H24N4O2. The largest absolute Gasteiger partial charge is 0.336 e. The van der Waals surface area contributed by atoms with Crippen LogP contribution in [0.25, 0.3) is 0 Å². The molecule has 0 atom stereocenters. The van der Waals surface area contributed by atoms with Crippen LogP contribution in [-0.4, -0.2) is 59.3 Å². The number of hydrogen-bond donors (Lipinski definition) is 1. The molecule has 1 fully saturated rings. The Hall–Kier alpha value is -2.73. The van der Waals surface area contributed by atoms with E-state index in [0.29, 0.717) is 38.3 Å². The van der Waals surface area contributed by atoms with Crippen LogP contribution < -0.4 is 5.32 Å². The van der Waals surface area contributed by atoms with Crippen molar-refractivity contribution in [2.24, 2.45) is 0 Å². The summed E-state index contributed by atoms with van der Waals surface area (Å²) in [6.45, 7) is 5.05. The predicted octanol–water partition coefficient (Wildman–Crippen LogP) is 2.04. The molecule has 1 N–H and O–H groups in total. The minimum atomic E-state index is -0.0141. The first-order valence-corrected chi connectivity index (χ1v) is 8.96. The van der Waals surface area contributed by atoms with Crippen LogP contribution in [0.2, 0.25) is 0 Å². The van der Waals surface area contributed by atoms with Crippen molar-refractivity contribution in [2.45, 2.75) is 13.3 Å². The van der Waals surface area contributed by atoms with Gasteiger partial charge in [-0.1, -0.05) is 25.1 Å². The zero-order valence-electron chi connectivity index (χ0n) is 15.0. The molecule has 0 saturated carbocycles. The van der Waals surface area contributed by atoms with Gasteiger partial charge in [-0.2, -0.15) is 0 Å². The third kappa shape index (κ3) is 4.46. The van der Waals surface area contributed by atoms with Gasteiger partial charge in [0, 0.05) is 49.8 Å². The van der Waals surface area contributed by atoms with Crippen molar-refractivity contribution in [1.29, 1.82) is 0 Å². The molecule has 0 aliphatic carbocycles. The van der Waals surface area contributed by atoms with Gasteiger partial charge in [-0.05, 0) is 30.2 Å². The van der Waals surface area contributed by atoms with Gasteiger partial charge in [-0.15, -0.1) is 0 Å². The van der Waals surface area contributed by atoms with E-state index in [-0.39, 0.29) is 11.8 Å². The van der Waals surface area contributed by atoms with Gasteiger partial charge < -0.3 is 10.2 Å². The van der Waals surface area contributed by atoms with E-state index in [1.54, 1.807) is 24.5 Å². The lowest BCUT2D eigenvalue weighted by atomic mass is 10.1. The topological polar surface area (TPSA) is 65.5 Å². The molecule has 1 aromatic carbocycles. The number of carbonyl (C=O) groups excluding carboxylic acids is 2. The zero-order valence-corrected chi connectivity index (χ0v) is 15.0. The second-order valence-corrected chi connectivity index (χ2v) is 6.36. The van der Waals surface area contributed by atoms with Crippen LogP contribution in [-0.2, 0) is 11.2 Å². The molecule has 6 nitrogen and oxygen atoms in total. The summed E-state index contributed by atoms with van der Waals surface area (Å²) >= 11 is 0. The fourth-order valence-corrected chi connectivity index (χ4v) is 3.13. The third-order valence-corrected chi connectivity index (χ3v) is 4.63. The maximum Gasteiger partial charge on any atom is 0.254 e. The van der Waals surface area contributed by atoms with Gasteiger partial charge in [0.2, 0.25) is 5.91 Å². The van der Waals surface area contributed by atoms with Crippen molar-refractivity contribution in [1.82, 2.24) is 14.8 Å². The number of amides is 2. The standard InChI is InChI=1S/C20H24N4O2/c1-2-16-5-3-4-6-18(16)22-19(25)15-23-11-13-24(14-12-23)20(26)17-7-9-21-10-8-17/h3-10H,2,11-15H2,1H3,(H,22,25). The Morgan fingerprint density at radius 3 is 2.42 bits per heavy atom. The highest BCUT2D eigenvalue weighted by molar-refractivity contribution is 5.94.